The first-order valence-corrected chi connectivity index (χ1v) is 8.94. The van der Waals surface area contributed by atoms with Crippen molar-refractivity contribution in [2.75, 3.05) is 0 Å². The van der Waals surface area contributed by atoms with Crippen molar-refractivity contribution >= 4 is 11.7 Å². The molecule has 0 spiro atoms. The number of ether oxygens (including phenoxy) is 1. The quantitative estimate of drug-likeness (QED) is 0.265. The van der Waals surface area contributed by atoms with E-state index in [1.807, 2.05) is 6.92 Å². The topological polar surface area (TPSA) is 38.7 Å². The predicted molar refractivity (Wildman–Crippen MR) is 106 cm³/mol. The van der Waals surface area contributed by atoms with Crippen LogP contribution < -0.4 is 0 Å². The number of nitrogens with zero attached hydrogens (tertiary/aromatic N) is 1. The van der Waals surface area contributed by atoms with Crippen molar-refractivity contribution in [2.45, 2.75) is 67.7 Å². The second-order valence-corrected chi connectivity index (χ2v) is 6.58. The summed E-state index contributed by atoms with van der Waals surface area (Å²) in [6, 6.07) is 4.35. The monoisotopic (exact) mass is 341 g/mol. The Morgan fingerprint density at radius 1 is 1.12 bits per heavy atom. The molecule has 0 saturated heterocycles. The van der Waals surface area contributed by atoms with E-state index in [0.29, 0.717) is 17.9 Å². The second kappa shape index (κ2) is 9.36. The summed E-state index contributed by atoms with van der Waals surface area (Å²) in [6.45, 7) is 17.9. The summed E-state index contributed by atoms with van der Waals surface area (Å²) in [5, 5.41) is 0. The third kappa shape index (κ3) is 5.70. The van der Waals surface area contributed by atoms with Crippen LogP contribution in [0, 0.1) is 20.8 Å². The lowest BCUT2D eigenvalue weighted by Crippen LogP contribution is -2.08. The Morgan fingerprint density at radius 2 is 1.68 bits per heavy atom. The molecule has 0 N–H and O–H groups in total. The van der Waals surface area contributed by atoms with Gasteiger partial charge in [-0.05, 0) is 57.2 Å². The number of carbonyl (C=O) groups is 1. The predicted octanol–water partition coefficient (Wildman–Crippen LogP) is 5.96. The molecule has 0 atom stereocenters. The molecular formula is C22H31NO2. The minimum atomic E-state index is -0.321. The lowest BCUT2D eigenvalue weighted by Gasteiger charge is -2.16. The van der Waals surface area contributed by atoms with Crippen LogP contribution in [-0.4, -0.2) is 11.7 Å². The van der Waals surface area contributed by atoms with E-state index in [4.69, 9.17) is 9.73 Å². The number of allylic oxidation sites excluding steroid dienone is 2. The van der Waals surface area contributed by atoms with Gasteiger partial charge in [-0.15, -0.1) is 0 Å². The largest absolute Gasteiger partial charge is 0.429 e. The second-order valence-electron chi connectivity index (χ2n) is 6.58. The maximum atomic E-state index is 11.5. The number of hydrogen-bond donors (Lipinski definition) is 0. The third-order valence-electron chi connectivity index (χ3n) is 3.96. The van der Waals surface area contributed by atoms with Crippen molar-refractivity contribution in [2.24, 2.45) is 4.99 Å². The van der Waals surface area contributed by atoms with E-state index in [1.54, 1.807) is 0 Å². The lowest BCUT2D eigenvalue weighted by molar-refractivity contribution is -0.137. The van der Waals surface area contributed by atoms with Gasteiger partial charge < -0.3 is 4.74 Å². The Balaban J connectivity index is 3.59. The summed E-state index contributed by atoms with van der Waals surface area (Å²) in [5.74, 6) is 0.286. The van der Waals surface area contributed by atoms with Gasteiger partial charge >= 0.3 is 5.97 Å². The van der Waals surface area contributed by atoms with Crippen molar-refractivity contribution in [1.82, 2.24) is 0 Å². The number of benzene rings is 1. The van der Waals surface area contributed by atoms with Crippen LogP contribution in [0.15, 0.2) is 40.7 Å². The van der Waals surface area contributed by atoms with Gasteiger partial charge in [0, 0.05) is 24.6 Å². The van der Waals surface area contributed by atoms with Crippen LogP contribution in [0.3, 0.4) is 0 Å². The van der Waals surface area contributed by atoms with Crippen molar-refractivity contribution in [3.63, 3.8) is 0 Å². The third-order valence-corrected chi connectivity index (χ3v) is 3.96. The van der Waals surface area contributed by atoms with Crippen LogP contribution in [0.25, 0.3) is 0 Å². The maximum Gasteiger partial charge on any atom is 0.307 e. The average molecular weight is 341 g/mol. The number of rotatable bonds is 7. The van der Waals surface area contributed by atoms with E-state index in [2.05, 4.69) is 53.3 Å². The van der Waals surface area contributed by atoms with Crippen molar-refractivity contribution < 1.29 is 9.53 Å². The van der Waals surface area contributed by atoms with Gasteiger partial charge in [0.25, 0.3) is 0 Å². The van der Waals surface area contributed by atoms with Crippen molar-refractivity contribution in [3.05, 3.63) is 58.0 Å². The van der Waals surface area contributed by atoms with Gasteiger partial charge in [-0.2, -0.15) is 0 Å². The molecule has 0 fully saturated rings. The Labute approximate surface area is 152 Å². The molecule has 1 aromatic rings. The summed E-state index contributed by atoms with van der Waals surface area (Å²) in [6.07, 6.45) is 2.33. The van der Waals surface area contributed by atoms with E-state index >= 15 is 0 Å². The average Bonchev–Trinajstić information content (AvgIpc) is 2.48. The molecule has 1 aromatic carbocycles. The highest BCUT2D eigenvalue weighted by atomic mass is 16.5. The lowest BCUT2D eigenvalue weighted by atomic mass is 9.94. The molecule has 0 unspecified atom stereocenters. The van der Waals surface area contributed by atoms with E-state index < -0.39 is 0 Å². The zero-order valence-corrected chi connectivity index (χ0v) is 16.7. The molecule has 0 aromatic heterocycles. The van der Waals surface area contributed by atoms with Crippen LogP contribution in [-0.2, 0) is 9.53 Å². The van der Waals surface area contributed by atoms with Crippen LogP contribution in [0.4, 0.5) is 0 Å². The Kier molecular flexibility index (Phi) is 7.82. The standard InChI is InChI=1S/C22H31NO2/c1-9-11-20(25-18(8)24)22(14(3)4)23-19(10-2)21-16(6)12-15(5)13-17(21)7/h12-13H,3,9-11H2,1-2,4-8H3/b22-20-,23-19?. The molecule has 25 heavy (non-hydrogen) atoms. The first-order chi connectivity index (χ1) is 11.7. The van der Waals surface area contributed by atoms with Gasteiger partial charge in [0.2, 0.25) is 0 Å². The Bertz CT molecular complexity index is 701. The minimum Gasteiger partial charge on any atom is -0.429 e. The maximum absolute atomic E-state index is 11.5. The molecule has 0 heterocycles. The molecule has 0 amide bonds. The number of aliphatic imine (C=N–C) groups is 1. The van der Waals surface area contributed by atoms with E-state index in [0.717, 1.165) is 24.1 Å². The fourth-order valence-electron chi connectivity index (χ4n) is 3.10. The summed E-state index contributed by atoms with van der Waals surface area (Å²) in [4.78, 5) is 16.4. The van der Waals surface area contributed by atoms with Crippen LogP contribution in [0.2, 0.25) is 0 Å². The molecule has 0 bridgehead atoms. The van der Waals surface area contributed by atoms with Crippen LogP contribution in [0.1, 0.15) is 69.2 Å². The number of esters is 1. The van der Waals surface area contributed by atoms with Crippen LogP contribution >= 0.6 is 0 Å². The summed E-state index contributed by atoms with van der Waals surface area (Å²) >= 11 is 0. The summed E-state index contributed by atoms with van der Waals surface area (Å²) < 4.78 is 5.45. The smallest absolute Gasteiger partial charge is 0.307 e. The van der Waals surface area contributed by atoms with E-state index in [-0.39, 0.29) is 5.97 Å². The van der Waals surface area contributed by atoms with Gasteiger partial charge in [-0.1, -0.05) is 38.1 Å². The summed E-state index contributed by atoms with van der Waals surface area (Å²) in [5.41, 5.74) is 7.33. The molecule has 0 aliphatic rings. The van der Waals surface area contributed by atoms with Crippen LogP contribution in [0.5, 0.6) is 0 Å². The molecule has 3 heteroatoms. The highest BCUT2D eigenvalue weighted by molar-refractivity contribution is 6.03. The molecule has 3 nitrogen and oxygen atoms in total. The Hall–Kier alpha value is -2.16. The molecule has 0 radical (unpaired) electrons. The fraction of sp³-hybridized carbons (Fsp3) is 0.455. The van der Waals surface area contributed by atoms with Gasteiger partial charge in [-0.3, -0.25) is 4.79 Å². The van der Waals surface area contributed by atoms with Gasteiger partial charge in [0.1, 0.15) is 11.5 Å². The van der Waals surface area contributed by atoms with Gasteiger partial charge in [0.05, 0.1) is 0 Å². The zero-order valence-electron chi connectivity index (χ0n) is 16.7. The molecule has 0 aliphatic carbocycles. The zero-order chi connectivity index (χ0) is 19.1. The fourth-order valence-corrected chi connectivity index (χ4v) is 3.10. The molecular weight excluding hydrogens is 310 g/mol. The molecule has 136 valence electrons. The molecule has 1 rings (SSSR count). The minimum absolute atomic E-state index is 0.321. The van der Waals surface area contributed by atoms with Crippen molar-refractivity contribution in [3.8, 4) is 0 Å². The first kappa shape index (κ1) is 20.9. The first-order valence-electron chi connectivity index (χ1n) is 8.94. The number of carbonyl (C=O) groups excluding carboxylic acids is 1. The molecule has 0 aliphatic heterocycles. The van der Waals surface area contributed by atoms with E-state index in [9.17, 15) is 4.79 Å². The SMILES string of the molecule is C=C(C)/C(N=C(CC)c1c(C)cc(C)cc1C)=C(\CCC)OC(C)=O. The normalized spacial score (nSPS) is 12.7. The highest BCUT2D eigenvalue weighted by Crippen LogP contribution is 2.25. The summed E-state index contributed by atoms with van der Waals surface area (Å²) in [7, 11) is 0. The Morgan fingerprint density at radius 3 is 2.08 bits per heavy atom. The number of hydrogen-bond acceptors (Lipinski definition) is 3. The molecule has 0 saturated carbocycles. The number of aryl methyl sites for hydroxylation is 3. The van der Waals surface area contributed by atoms with Gasteiger partial charge in [-0.25, -0.2) is 4.99 Å². The highest BCUT2D eigenvalue weighted by Gasteiger charge is 2.15. The van der Waals surface area contributed by atoms with E-state index in [1.165, 1.54) is 29.2 Å². The van der Waals surface area contributed by atoms with Gasteiger partial charge in [0.15, 0.2) is 0 Å². The van der Waals surface area contributed by atoms with Crippen molar-refractivity contribution in [1.29, 1.82) is 0 Å².